The number of allylic oxidation sites excluding steroid dienone is 2. The first-order chi connectivity index (χ1) is 6.65. The SMILES string of the molecule is CC1=C(CC(=O)C=[N+]=[N-])C(C)CCC1. The Kier molecular flexibility index (Phi) is 3.78. The van der Waals surface area contributed by atoms with Crippen LogP contribution in [-0.2, 0) is 4.79 Å². The normalized spacial score (nSPS) is 21.7. The molecule has 0 N–H and O–H groups in total. The zero-order valence-corrected chi connectivity index (χ0v) is 8.79. The highest BCUT2D eigenvalue weighted by Gasteiger charge is 2.19. The molecule has 0 bridgehead atoms. The molecule has 1 aliphatic rings. The number of hydrogen-bond acceptors (Lipinski definition) is 1. The highest BCUT2D eigenvalue weighted by molar-refractivity contribution is 6.25. The van der Waals surface area contributed by atoms with Gasteiger partial charge in [0.2, 0.25) is 5.78 Å². The van der Waals surface area contributed by atoms with Crippen LogP contribution in [0, 0.1) is 5.92 Å². The van der Waals surface area contributed by atoms with Gasteiger partial charge in [0.25, 0.3) is 0 Å². The van der Waals surface area contributed by atoms with E-state index in [0.29, 0.717) is 12.3 Å². The molecule has 3 heteroatoms. The highest BCUT2D eigenvalue weighted by atomic mass is 16.1. The van der Waals surface area contributed by atoms with Crippen molar-refractivity contribution in [3.8, 4) is 0 Å². The number of hydrogen-bond donors (Lipinski definition) is 0. The minimum atomic E-state index is -0.115. The Balaban J connectivity index is 2.74. The van der Waals surface area contributed by atoms with Crippen molar-refractivity contribution in [2.75, 3.05) is 0 Å². The second-order valence-corrected chi connectivity index (χ2v) is 3.99. The van der Waals surface area contributed by atoms with Crippen LogP contribution in [0.1, 0.15) is 39.5 Å². The summed E-state index contributed by atoms with van der Waals surface area (Å²) < 4.78 is 0. The fourth-order valence-corrected chi connectivity index (χ4v) is 2.05. The van der Waals surface area contributed by atoms with Crippen molar-refractivity contribution in [2.24, 2.45) is 5.92 Å². The molecule has 0 aromatic heterocycles. The number of nitrogens with zero attached hydrogens (tertiary/aromatic N) is 2. The number of carbonyl (C=O) groups excluding carboxylic acids is 1. The third kappa shape index (κ3) is 2.64. The second kappa shape index (κ2) is 4.87. The molecule has 0 saturated carbocycles. The number of carbonyl (C=O) groups is 1. The van der Waals surface area contributed by atoms with Crippen molar-refractivity contribution in [3.05, 3.63) is 16.7 Å². The van der Waals surface area contributed by atoms with Crippen LogP contribution >= 0.6 is 0 Å². The van der Waals surface area contributed by atoms with Crippen molar-refractivity contribution < 1.29 is 9.58 Å². The lowest BCUT2D eigenvalue weighted by atomic mass is 9.82. The summed E-state index contributed by atoms with van der Waals surface area (Å²) in [6.45, 7) is 4.25. The van der Waals surface area contributed by atoms with Gasteiger partial charge >= 0.3 is 6.21 Å². The second-order valence-electron chi connectivity index (χ2n) is 3.99. The van der Waals surface area contributed by atoms with E-state index in [0.717, 1.165) is 19.1 Å². The summed E-state index contributed by atoms with van der Waals surface area (Å²) in [5, 5.41) is 0. The first-order valence-electron chi connectivity index (χ1n) is 5.04. The van der Waals surface area contributed by atoms with E-state index in [1.54, 1.807) is 0 Å². The largest absolute Gasteiger partial charge is 0.361 e. The molecule has 1 aliphatic carbocycles. The standard InChI is InChI=1S/C11H16N2O/c1-8-4-3-5-9(2)11(8)6-10(14)7-13-12/h7-8H,3-6H2,1-2H3. The van der Waals surface area contributed by atoms with Crippen molar-refractivity contribution in [3.63, 3.8) is 0 Å². The number of rotatable bonds is 3. The van der Waals surface area contributed by atoms with Crippen LogP contribution < -0.4 is 0 Å². The monoisotopic (exact) mass is 192 g/mol. The summed E-state index contributed by atoms with van der Waals surface area (Å²) in [5.74, 6) is 0.385. The van der Waals surface area contributed by atoms with E-state index in [2.05, 4.69) is 18.6 Å². The van der Waals surface area contributed by atoms with Crippen LogP contribution in [0.4, 0.5) is 0 Å². The predicted molar refractivity (Wildman–Crippen MR) is 55.0 cm³/mol. The molecule has 0 fully saturated rings. The van der Waals surface area contributed by atoms with Gasteiger partial charge in [0, 0.05) is 6.42 Å². The average molecular weight is 192 g/mol. The van der Waals surface area contributed by atoms with Gasteiger partial charge in [-0.25, -0.2) is 0 Å². The van der Waals surface area contributed by atoms with Gasteiger partial charge in [0.15, 0.2) is 0 Å². The third-order valence-electron chi connectivity index (χ3n) is 2.90. The minimum absolute atomic E-state index is 0.115. The van der Waals surface area contributed by atoms with E-state index < -0.39 is 0 Å². The zero-order valence-electron chi connectivity index (χ0n) is 8.79. The quantitative estimate of drug-likeness (QED) is 0.293. The fraction of sp³-hybridized carbons (Fsp3) is 0.636. The molecule has 0 saturated heterocycles. The molecular weight excluding hydrogens is 176 g/mol. The Morgan fingerprint density at radius 1 is 1.71 bits per heavy atom. The Bertz CT molecular complexity index is 311. The fourth-order valence-electron chi connectivity index (χ4n) is 2.05. The molecule has 1 rings (SSSR count). The van der Waals surface area contributed by atoms with Gasteiger partial charge in [-0.1, -0.05) is 18.1 Å². The lowest BCUT2D eigenvalue weighted by Gasteiger charge is -2.23. The van der Waals surface area contributed by atoms with Gasteiger partial charge in [-0.3, -0.25) is 4.79 Å². The Labute approximate surface area is 84.4 Å². The predicted octanol–water partition coefficient (Wildman–Crippen LogP) is 2.38. The van der Waals surface area contributed by atoms with Gasteiger partial charge in [-0.15, -0.1) is 0 Å². The van der Waals surface area contributed by atoms with E-state index >= 15 is 0 Å². The molecule has 0 heterocycles. The van der Waals surface area contributed by atoms with E-state index in [9.17, 15) is 4.79 Å². The van der Waals surface area contributed by atoms with Crippen LogP contribution in [-0.4, -0.2) is 16.8 Å². The lowest BCUT2D eigenvalue weighted by Crippen LogP contribution is -2.13. The third-order valence-corrected chi connectivity index (χ3v) is 2.90. The average Bonchev–Trinajstić information content (AvgIpc) is 2.12. The molecule has 0 spiro atoms. The maximum Gasteiger partial charge on any atom is 0.323 e. The van der Waals surface area contributed by atoms with Crippen molar-refractivity contribution >= 4 is 12.0 Å². The molecule has 0 aromatic rings. The van der Waals surface area contributed by atoms with Gasteiger partial charge in [0.1, 0.15) is 0 Å². The molecule has 0 radical (unpaired) electrons. The number of ketones is 1. The minimum Gasteiger partial charge on any atom is -0.361 e. The summed E-state index contributed by atoms with van der Waals surface area (Å²) in [4.78, 5) is 14.0. The molecule has 1 unspecified atom stereocenters. The molecule has 1 atom stereocenters. The topological polar surface area (TPSA) is 53.5 Å². The van der Waals surface area contributed by atoms with Gasteiger partial charge in [0.05, 0.1) is 0 Å². The summed E-state index contributed by atoms with van der Waals surface area (Å²) in [6, 6.07) is 0. The molecule has 0 amide bonds. The van der Waals surface area contributed by atoms with Gasteiger partial charge < -0.3 is 5.53 Å². The molecule has 14 heavy (non-hydrogen) atoms. The summed E-state index contributed by atoms with van der Waals surface area (Å²) in [6.07, 6.45) is 4.89. The zero-order chi connectivity index (χ0) is 10.6. The summed E-state index contributed by atoms with van der Waals surface area (Å²) >= 11 is 0. The van der Waals surface area contributed by atoms with Crippen LogP contribution in [0.5, 0.6) is 0 Å². The smallest absolute Gasteiger partial charge is 0.323 e. The van der Waals surface area contributed by atoms with E-state index in [1.165, 1.54) is 17.6 Å². The maximum absolute atomic E-state index is 11.3. The number of Topliss-reactive ketones (excluding diaryl/α,β-unsaturated/α-hetero) is 1. The van der Waals surface area contributed by atoms with Gasteiger partial charge in [-0.05, 0) is 32.1 Å². The first-order valence-corrected chi connectivity index (χ1v) is 5.04. The first kappa shape index (κ1) is 10.9. The Morgan fingerprint density at radius 2 is 2.43 bits per heavy atom. The molecule has 0 aliphatic heterocycles. The molecular formula is C11H16N2O. The summed E-state index contributed by atoms with van der Waals surface area (Å²) in [7, 11) is 0. The van der Waals surface area contributed by atoms with Crippen LogP contribution in [0.15, 0.2) is 11.1 Å². The highest BCUT2D eigenvalue weighted by Crippen LogP contribution is 2.31. The van der Waals surface area contributed by atoms with E-state index in [4.69, 9.17) is 5.53 Å². The maximum atomic E-state index is 11.3. The Hall–Kier alpha value is -1.21. The lowest BCUT2D eigenvalue weighted by molar-refractivity contribution is -0.115. The van der Waals surface area contributed by atoms with Crippen LogP contribution in [0.3, 0.4) is 0 Å². The summed E-state index contributed by atoms with van der Waals surface area (Å²) in [5.41, 5.74) is 10.8. The molecule has 3 nitrogen and oxygen atoms in total. The molecule has 0 aromatic carbocycles. The van der Waals surface area contributed by atoms with E-state index in [-0.39, 0.29) is 5.78 Å². The van der Waals surface area contributed by atoms with Crippen molar-refractivity contribution in [2.45, 2.75) is 39.5 Å². The van der Waals surface area contributed by atoms with Crippen molar-refractivity contribution in [1.29, 1.82) is 0 Å². The van der Waals surface area contributed by atoms with Gasteiger partial charge in [-0.2, -0.15) is 4.79 Å². The Morgan fingerprint density at radius 3 is 3.00 bits per heavy atom. The van der Waals surface area contributed by atoms with Crippen LogP contribution in [0.2, 0.25) is 0 Å². The van der Waals surface area contributed by atoms with Crippen molar-refractivity contribution in [1.82, 2.24) is 0 Å². The molecule has 76 valence electrons. The van der Waals surface area contributed by atoms with Crippen LogP contribution in [0.25, 0.3) is 5.53 Å². The van der Waals surface area contributed by atoms with E-state index in [1.807, 2.05) is 0 Å².